The van der Waals surface area contributed by atoms with Crippen LogP contribution in [0.3, 0.4) is 0 Å². The lowest BCUT2D eigenvalue weighted by Gasteiger charge is -2.46. The predicted octanol–water partition coefficient (Wildman–Crippen LogP) is 3.65. The van der Waals surface area contributed by atoms with Gasteiger partial charge in [0.1, 0.15) is 0 Å². The number of carbonyl (C=O) groups is 1. The molecule has 7 fully saturated rings. The fourth-order valence-electron chi connectivity index (χ4n) is 7.94. The van der Waals surface area contributed by atoms with E-state index < -0.39 is 0 Å². The summed E-state index contributed by atoms with van der Waals surface area (Å²) in [6.07, 6.45) is 8.63. The number of hydrogen-bond donors (Lipinski definition) is 1. The van der Waals surface area contributed by atoms with Crippen LogP contribution in [-0.4, -0.2) is 36.5 Å². The van der Waals surface area contributed by atoms with E-state index in [1.165, 1.54) is 56.3 Å². The molecular formula is C24H32N2O. The normalized spacial score (nSPS) is 46.8. The standard InChI is InChI=1S/C24H32N2O/c1-16-2-4-19(5-3-16)23-11-17-10-20(13-23)24(12-17,15-23)22(27)25-21-14-26-8-6-18(21)7-9-26/h2-5,17-18,20-21H,6-15H2,1H3,(H,25,27). The Morgan fingerprint density at radius 1 is 1.11 bits per heavy atom. The van der Waals surface area contributed by atoms with Crippen LogP contribution < -0.4 is 5.32 Å². The summed E-state index contributed by atoms with van der Waals surface area (Å²) >= 11 is 0. The van der Waals surface area contributed by atoms with Gasteiger partial charge in [0, 0.05) is 12.6 Å². The summed E-state index contributed by atoms with van der Waals surface area (Å²) in [4.78, 5) is 16.2. The molecule has 3 heterocycles. The van der Waals surface area contributed by atoms with Crippen LogP contribution in [0.5, 0.6) is 0 Å². The highest BCUT2D eigenvalue weighted by Crippen LogP contribution is 2.70. The van der Waals surface area contributed by atoms with Crippen LogP contribution in [0.4, 0.5) is 0 Å². The van der Waals surface area contributed by atoms with Crippen LogP contribution in [0.25, 0.3) is 0 Å². The van der Waals surface area contributed by atoms with Crippen LogP contribution >= 0.6 is 0 Å². The zero-order valence-electron chi connectivity index (χ0n) is 16.5. The van der Waals surface area contributed by atoms with Gasteiger partial charge in [-0.3, -0.25) is 4.79 Å². The Labute approximate surface area is 162 Å². The van der Waals surface area contributed by atoms with Gasteiger partial charge in [0.05, 0.1) is 5.41 Å². The van der Waals surface area contributed by atoms with Crippen LogP contribution in [0.2, 0.25) is 0 Å². The number of fused-ring (bicyclic) bond motifs is 3. The van der Waals surface area contributed by atoms with Gasteiger partial charge in [0.2, 0.25) is 5.91 Å². The zero-order valence-corrected chi connectivity index (χ0v) is 16.5. The molecule has 4 saturated carbocycles. The SMILES string of the molecule is Cc1ccc(C23CC4CC(C2)C(C(=O)NC2CN5CCC2CC5)(C4)C3)cc1. The fraction of sp³-hybridized carbons (Fsp3) is 0.708. The second-order valence-corrected chi connectivity index (χ2v) is 10.6. The zero-order chi connectivity index (χ0) is 18.2. The molecule has 1 amide bonds. The van der Waals surface area contributed by atoms with E-state index in [1.54, 1.807) is 0 Å². The molecule has 4 aliphatic carbocycles. The van der Waals surface area contributed by atoms with E-state index >= 15 is 0 Å². The Morgan fingerprint density at radius 3 is 2.59 bits per heavy atom. The molecule has 7 aliphatic rings. The van der Waals surface area contributed by atoms with Gasteiger partial charge in [0.15, 0.2) is 0 Å². The van der Waals surface area contributed by atoms with Crippen molar-refractivity contribution < 1.29 is 4.79 Å². The molecule has 1 aromatic rings. The number of carbonyl (C=O) groups excluding carboxylic acids is 1. The molecule has 0 radical (unpaired) electrons. The Bertz CT molecular complexity index is 765. The Kier molecular flexibility index (Phi) is 3.44. The summed E-state index contributed by atoms with van der Waals surface area (Å²) in [6, 6.07) is 9.63. The number of nitrogens with one attached hydrogen (secondary N) is 1. The lowest BCUT2D eigenvalue weighted by Crippen LogP contribution is -2.59. The molecule has 3 nitrogen and oxygen atoms in total. The van der Waals surface area contributed by atoms with E-state index in [9.17, 15) is 4.79 Å². The van der Waals surface area contributed by atoms with Crippen molar-refractivity contribution in [2.45, 2.75) is 63.3 Å². The Hall–Kier alpha value is -1.35. The van der Waals surface area contributed by atoms with E-state index in [0.29, 0.717) is 17.9 Å². The van der Waals surface area contributed by atoms with Crippen LogP contribution in [0.1, 0.15) is 56.1 Å². The number of nitrogens with zero attached hydrogens (tertiary/aromatic N) is 1. The third kappa shape index (κ3) is 2.33. The first-order valence-electron chi connectivity index (χ1n) is 11.2. The van der Waals surface area contributed by atoms with Crippen LogP contribution in [0.15, 0.2) is 24.3 Å². The maximum absolute atomic E-state index is 13.7. The second-order valence-electron chi connectivity index (χ2n) is 10.6. The molecule has 3 saturated heterocycles. The molecule has 0 spiro atoms. The van der Waals surface area contributed by atoms with E-state index in [2.05, 4.69) is 41.4 Å². The quantitative estimate of drug-likeness (QED) is 0.888. The smallest absolute Gasteiger partial charge is 0.226 e. The van der Waals surface area contributed by atoms with Crippen molar-refractivity contribution in [2.24, 2.45) is 23.2 Å². The van der Waals surface area contributed by atoms with E-state index in [4.69, 9.17) is 0 Å². The molecule has 8 rings (SSSR count). The molecule has 1 aromatic carbocycles. The average Bonchev–Trinajstić information content (AvgIpc) is 3.07. The van der Waals surface area contributed by atoms with E-state index in [-0.39, 0.29) is 10.8 Å². The van der Waals surface area contributed by atoms with Gasteiger partial charge in [-0.05, 0) is 93.7 Å². The van der Waals surface area contributed by atoms with E-state index in [0.717, 1.165) is 31.2 Å². The Balaban J connectivity index is 1.27. The topological polar surface area (TPSA) is 32.3 Å². The van der Waals surface area contributed by atoms with Crippen molar-refractivity contribution in [2.75, 3.05) is 19.6 Å². The van der Waals surface area contributed by atoms with Gasteiger partial charge in [-0.25, -0.2) is 0 Å². The van der Waals surface area contributed by atoms with Crippen molar-refractivity contribution in [3.05, 3.63) is 35.4 Å². The largest absolute Gasteiger partial charge is 0.351 e. The lowest BCUT2D eigenvalue weighted by molar-refractivity contribution is -0.135. The first kappa shape index (κ1) is 16.6. The molecule has 0 aromatic heterocycles. The van der Waals surface area contributed by atoms with Gasteiger partial charge < -0.3 is 10.2 Å². The maximum atomic E-state index is 13.7. The van der Waals surface area contributed by atoms with E-state index in [1.807, 2.05) is 0 Å². The number of benzene rings is 1. The first-order chi connectivity index (χ1) is 13.1. The molecule has 1 N–H and O–H groups in total. The van der Waals surface area contributed by atoms with Crippen LogP contribution in [0, 0.1) is 30.1 Å². The first-order valence-corrected chi connectivity index (χ1v) is 11.2. The van der Waals surface area contributed by atoms with Crippen molar-refractivity contribution >= 4 is 5.91 Å². The highest BCUT2D eigenvalue weighted by atomic mass is 16.2. The van der Waals surface area contributed by atoms with Gasteiger partial charge in [0.25, 0.3) is 0 Å². The van der Waals surface area contributed by atoms with Crippen molar-refractivity contribution in [1.82, 2.24) is 10.2 Å². The number of aryl methyl sites for hydroxylation is 1. The average molecular weight is 365 g/mol. The van der Waals surface area contributed by atoms with Crippen molar-refractivity contribution in [1.29, 1.82) is 0 Å². The Morgan fingerprint density at radius 2 is 1.89 bits per heavy atom. The minimum Gasteiger partial charge on any atom is -0.351 e. The molecule has 27 heavy (non-hydrogen) atoms. The molecular weight excluding hydrogens is 332 g/mol. The number of rotatable bonds is 3. The van der Waals surface area contributed by atoms with Gasteiger partial charge in [-0.1, -0.05) is 29.8 Å². The van der Waals surface area contributed by atoms with Gasteiger partial charge >= 0.3 is 0 Å². The number of hydrogen-bond acceptors (Lipinski definition) is 2. The molecule has 144 valence electrons. The molecule has 6 bridgehead atoms. The van der Waals surface area contributed by atoms with Crippen molar-refractivity contribution in [3.63, 3.8) is 0 Å². The third-order valence-corrected chi connectivity index (χ3v) is 9.11. The fourth-order valence-corrected chi connectivity index (χ4v) is 7.94. The summed E-state index contributed by atoms with van der Waals surface area (Å²) in [7, 11) is 0. The highest BCUT2D eigenvalue weighted by molar-refractivity contribution is 5.85. The molecule has 5 unspecified atom stereocenters. The predicted molar refractivity (Wildman–Crippen MR) is 106 cm³/mol. The highest BCUT2D eigenvalue weighted by Gasteiger charge is 2.67. The lowest BCUT2D eigenvalue weighted by atomic mass is 9.63. The van der Waals surface area contributed by atoms with Gasteiger partial charge in [-0.2, -0.15) is 0 Å². The number of amides is 1. The maximum Gasteiger partial charge on any atom is 0.226 e. The number of piperidine rings is 3. The summed E-state index contributed by atoms with van der Waals surface area (Å²) in [5, 5.41) is 3.59. The van der Waals surface area contributed by atoms with Gasteiger partial charge in [-0.15, -0.1) is 0 Å². The molecule has 3 heteroatoms. The monoisotopic (exact) mass is 364 g/mol. The second kappa shape index (κ2) is 5.59. The molecule has 3 aliphatic heterocycles. The summed E-state index contributed by atoms with van der Waals surface area (Å²) in [6.45, 7) is 5.73. The van der Waals surface area contributed by atoms with Crippen LogP contribution in [-0.2, 0) is 10.2 Å². The van der Waals surface area contributed by atoms with Crippen molar-refractivity contribution in [3.8, 4) is 0 Å². The third-order valence-electron chi connectivity index (χ3n) is 9.11. The minimum absolute atomic E-state index is 0.0696. The summed E-state index contributed by atoms with van der Waals surface area (Å²) < 4.78 is 0. The minimum atomic E-state index is -0.0696. The summed E-state index contributed by atoms with van der Waals surface area (Å²) in [5.74, 6) is 2.51. The summed E-state index contributed by atoms with van der Waals surface area (Å²) in [5.41, 5.74) is 3.03. The molecule has 5 atom stereocenters.